The fourth-order valence-corrected chi connectivity index (χ4v) is 8.60. The van der Waals surface area contributed by atoms with Gasteiger partial charge in [0.05, 0.1) is 25.5 Å². The Morgan fingerprint density at radius 1 is 0.333 bits per heavy atom. The Bertz CT molecular complexity index is 2110. The fraction of sp³-hybridized carbons (Fsp3) is 0.261. The van der Waals surface area contributed by atoms with Gasteiger partial charge in [-0.3, -0.25) is 19.2 Å². The average Bonchev–Trinajstić information content (AvgIpc) is 4.05. The van der Waals surface area contributed by atoms with Gasteiger partial charge in [-0.05, 0) is 84.3 Å². The summed E-state index contributed by atoms with van der Waals surface area (Å²) >= 11 is 0. The lowest BCUT2D eigenvalue weighted by molar-refractivity contribution is -0.117. The molecule has 5 aromatic carbocycles. The molecule has 0 unspecified atom stereocenters. The standard InChI is InChI=1S/C46H42N4O4/c51-43-21-9-25-47(43)39-17-5-1-13-31(39)35-29-37(33-15-3-7-19-41(33)49-27-11-23-45(49)53)38(34-16-4-8-20-42(34)50-28-12-24-46(50)54)30-36(35)32-14-2-6-18-40(32)48-26-10-22-44(48)52/h1-8,13-20,29-30H,9-12,21-28H2/i29D,30D. The summed E-state index contributed by atoms with van der Waals surface area (Å²) in [5.41, 5.74) is 6.98. The third kappa shape index (κ3) is 5.86. The Morgan fingerprint density at radius 3 is 0.759 bits per heavy atom. The molecule has 4 aliphatic rings. The second kappa shape index (κ2) is 14.1. The Kier molecular flexibility index (Phi) is 8.22. The molecule has 9 rings (SSSR count). The van der Waals surface area contributed by atoms with Crippen LogP contribution in [0.2, 0.25) is 0 Å². The van der Waals surface area contributed by atoms with Crippen molar-refractivity contribution in [3.05, 3.63) is 109 Å². The van der Waals surface area contributed by atoms with E-state index >= 15 is 0 Å². The highest BCUT2D eigenvalue weighted by molar-refractivity contribution is 6.09. The van der Waals surface area contributed by atoms with Gasteiger partial charge in [-0.25, -0.2) is 0 Å². The topological polar surface area (TPSA) is 81.2 Å². The van der Waals surface area contributed by atoms with Crippen LogP contribution in [0.3, 0.4) is 0 Å². The van der Waals surface area contributed by atoms with Crippen LogP contribution in [0.5, 0.6) is 0 Å². The molecule has 0 saturated carbocycles. The van der Waals surface area contributed by atoms with Gasteiger partial charge in [0.1, 0.15) is 0 Å². The minimum absolute atomic E-state index is 0.00126. The zero-order chi connectivity index (χ0) is 38.5. The van der Waals surface area contributed by atoms with Crippen molar-refractivity contribution < 1.29 is 21.9 Å². The Balaban J connectivity index is 1.45. The lowest BCUT2D eigenvalue weighted by Gasteiger charge is -2.28. The predicted octanol–water partition coefficient (Wildman–Crippen LogP) is 8.86. The van der Waals surface area contributed by atoms with Gasteiger partial charge in [0.25, 0.3) is 0 Å². The van der Waals surface area contributed by atoms with E-state index in [1.807, 2.05) is 97.1 Å². The summed E-state index contributed by atoms with van der Waals surface area (Å²) < 4.78 is 21.0. The number of benzene rings is 5. The highest BCUT2D eigenvalue weighted by Crippen LogP contribution is 2.50. The zero-order valence-electron chi connectivity index (χ0n) is 32.1. The van der Waals surface area contributed by atoms with Gasteiger partial charge in [-0.2, -0.15) is 0 Å². The Morgan fingerprint density at radius 2 is 0.556 bits per heavy atom. The number of nitrogens with zero attached hydrogens (tertiary/aromatic N) is 4. The molecule has 4 saturated heterocycles. The lowest BCUT2D eigenvalue weighted by Crippen LogP contribution is -2.25. The summed E-state index contributed by atoms with van der Waals surface area (Å²) in [5, 5.41) is 0. The molecular formula is C46H42N4O4. The smallest absolute Gasteiger partial charge is 0.227 e. The van der Waals surface area contributed by atoms with Crippen LogP contribution in [0.25, 0.3) is 44.5 Å². The largest absolute Gasteiger partial charge is 0.312 e. The number of amides is 4. The second-order valence-corrected chi connectivity index (χ2v) is 14.4. The molecule has 4 heterocycles. The number of carbonyl (C=O) groups is 4. The van der Waals surface area contributed by atoms with Gasteiger partial charge >= 0.3 is 0 Å². The molecule has 0 spiro atoms. The molecule has 4 fully saturated rings. The van der Waals surface area contributed by atoms with Gasteiger partial charge in [-0.1, -0.05) is 72.8 Å². The molecule has 0 radical (unpaired) electrons. The predicted molar refractivity (Wildman–Crippen MR) is 215 cm³/mol. The van der Waals surface area contributed by atoms with Gasteiger partial charge in [0.2, 0.25) is 23.6 Å². The van der Waals surface area contributed by atoms with Crippen LogP contribution in [0.4, 0.5) is 22.7 Å². The van der Waals surface area contributed by atoms with Gasteiger partial charge < -0.3 is 19.6 Å². The molecule has 0 aliphatic carbocycles. The minimum Gasteiger partial charge on any atom is -0.312 e. The maximum absolute atomic E-state index is 13.4. The zero-order valence-corrected chi connectivity index (χ0v) is 30.1. The van der Waals surface area contributed by atoms with Crippen molar-refractivity contribution in [2.75, 3.05) is 45.8 Å². The van der Waals surface area contributed by atoms with E-state index in [2.05, 4.69) is 0 Å². The molecule has 0 N–H and O–H groups in total. The molecule has 4 amide bonds. The molecule has 0 aromatic heterocycles. The Hall–Kier alpha value is -6.02. The molecule has 4 aliphatic heterocycles. The molecule has 270 valence electrons. The summed E-state index contributed by atoms with van der Waals surface area (Å²) in [7, 11) is 0. The van der Waals surface area contributed by atoms with E-state index in [4.69, 9.17) is 0 Å². The number of hydrogen-bond donors (Lipinski definition) is 0. The number of para-hydroxylation sites is 4. The molecule has 5 aromatic rings. The molecular weight excluding hydrogens is 673 g/mol. The number of hydrogen-bond acceptors (Lipinski definition) is 4. The monoisotopic (exact) mass is 716 g/mol. The van der Waals surface area contributed by atoms with Gasteiger partial charge in [0.15, 0.2) is 0 Å². The number of anilines is 4. The second-order valence-electron chi connectivity index (χ2n) is 14.4. The number of rotatable bonds is 8. The van der Waals surface area contributed by atoms with E-state index in [0.29, 0.717) is 145 Å². The van der Waals surface area contributed by atoms with Crippen molar-refractivity contribution in [1.29, 1.82) is 0 Å². The summed E-state index contributed by atoms with van der Waals surface area (Å²) in [6, 6.07) is 30.6. The normalized spacial score (nSPS) is 18.0. The highest BCUT2D eigenvalue weighted by Gasteiger charge is 2.32. The van der Waals surface area contributed by atoms with Crippen molar-refractivity contribution >= 4 is 46.4 Å². The van der Waals surface area contributed by atoms with Crippen LogP contribution in [0.15, 0.2) is 109 Å². The molecule has 8 heteroatoms. The SMILES string of the molecule is [2H]c1c(-c2ccccc2N2CCCC2=O)c(-c2ccccc2N2CCCC2=O)c([2H])c(-c2ccccc2N2CCCC2=O)c1-c1ccccc1N1CCCC1=O. The van der Waals surface area contributed by atoms with E-state index in [1.165, 1.54) is 0 Å². The first-order chi connectivity index (χ1) is 27.3. The summed E-state index contributed by atoms with van der Waals surface area (Å²) in [6.45, 7) is 2.14. The first kappa shape index (κ1) is 31.5. The van der Waals surface area contributed by atoms with Crippen molar-refractivity contribution in [2.24, 2.45) is 0 Å². The maximum Gasteiger partial charge on any atom is 0.227 e. The average molecular weight is 717 g/mol. The van der Waals surface area contributed by atoms with E-state index < -0.39 is 0 Å². The Labute approximate surface area is 318 Å². The third-order valence-electron chi connectivity index (χ3n) is 11.2. The quantitative estimate of drug-likeness (QED) is 0.161. The first-order valence-electron chi connectivity index (χ1n) is 20.1. The van der Waals surface area contributed by atoms with Crippen LogP contribution < -0.4 is 19.6 Å². The van der Waals surface area contributed by atoms with Crippen molar-refractivity contribution in [3.8, 4) is 44.5 Å². The van der Waals surface area contributed by atoms with Gasteiger partial charge in [-0.15, -0.1) is 0 Å². The summed E-state index contributed by atoms with van der Waals surface area (Å²) in [6.07, 6.45) is 4.54. The minimum atomic E-state index is -0.00126. The van der Waals surface area contributed by atoms with Crippen molar-refractivity contribution in [3.63, 3.8) is 0 Å². The lowest BCUT2D eigenvalue weighted by atomic mass is 9.83. The van der Waals surface area contributed by atoms with Crippen LogP contribution in [0, 0.1) is 0 Å². The molecule has 0 atom stereocenters. The van der Waals surface area contributed by atoms with Crippen LogP contribution in [0.1, 0.15) is 54.1 Å². The number of carbonyl (C=O) groups excluding carboxylic acids is 4. The highest BCUT2D eigenvalue weighted by atomic mass is 16.2. The third-order valence-corrected chi connectivity index (χ3v) is 11.2. The maximum atomic E-state index is 13.4. The van der Waals surface area contributed by atoms with E-state index in [9.17, 15) is 21.9 Å². The summed E-state index contributed by atoms with van der Waals surface area (Å²) in [5.74, 6) is -0.00506. The van der Waals surface area contributed by atoms with Crippen LogP contribution >= 0.6 is 0 Å². The van der Waals surface area contributed by atoms with Crippen molar-refractivity contribution in [1.82, 2.24) is 0 Å². The molecule has 54 heavy (non-hydrogen) atoms. The summed E-state index contributed by atoms with van der Waals surface area (Å²) in [4.78, 5) is 60.7. The van der Waals surface area contributed by atoms with E-state index in [0.717, 1.165) is 0 Å². The van der Waals surface area contributed by atoms with Crippen molar-refractivity contribution in [2.45, 2.75) is 51.4 Å². The van der Waals surface area contributed by atoms with Crippen LogP contribution in [-0.4, -0.2) is 49.8 Å². The van der Waals surface area contributed by atoms with E-state index in [-0.39, 0.29) is 35.7 Å². The molecule has 0 bridgehead atoms. The molecule has 8 nitrogen and oxygen atoms in total. The fourth-order valence-electron chi connectivity index (χ4n) is 8.60. The van der Waals surface area contributed by atoms with Gasteiger partial charge in [0, 0.05) is 74.1 Å². The van der Waals surface area contributed by atoms with E-state index in [1.54, 1.807) is 19.6 Å². The first-order valence-corrected chi connectivity index (χ1v) is 19.1. The van der Waals surface area contributed by atoms with Crippen LogP contribution in [-0.2, 0) is 19.2 Å².